The van der Waals surface area contributed by atoms with Gasteiger partial charge in [-0.15, -0.1) is 0 Å². The number of halogens is 2. The van der Waals surface area contributed by atoms with Gasteiger partial charge in [0, 0.05) is 19.5 Å². The molecule has 0 aliphatic heterocycles. The maximum Gasteiger partial charge on any atom is 0.265 e. The van der Waals surface area contributed by atoms with Crippen molar-refractivity contribution in [2.75, 3.05) is 0 Å². The van der Waals surface area contributed by atoms with Gasteiger partial charge in [0.05, 0.1) is 0 Å². The predicted octanol–water partition coefficient (Wildman–Crippen LogP) is 3.19. The summed E-state index contributed by atoms with van der Waals surface area (Å²) in [5.74, 6) is 0. The molecule has 1 heterocycles. The minimum atomic E-state index is 0.539. The summed E-state index contributed by atoms with van der Waals surface area (Å²) < 4.78 is 6.36. The van der Waals surface area contributed by atoms with E-state index in [2.05, 4.69) is 43.5 Å². The van der Waals surface area contributed by atoms with E-state index in [4.69, 9.17) is 4.42 Å². The lowest BCUT2D eigenvalue weighted by Gasteiger charge is -1.86. The van der Waals surface area contributed by atoms with Crippen LogP contribution in [0.3, 0.4) is 0 Å². The minimum Gasteiger partial charge on any atom is -0.431 e. The Morgan fingerprint density at radius 2 is 2.27 bits per heavy atom. The Morgan fingerprint density at radius 1 is 1.45 bits per heavy atom. The lowest BCUT2D eigenvalue weighted by Crippen LogP contribution is -1.72. The first-order valence-electron chi connectivity index (χ1n) is 2.98. The molecule has 1 aromatic carbocycles. The molecule has 0 saturated heterocycles. The summed E-state index contributed by atoms with van der Waals surface area (Å²) in [6.07, 6.45) is 0. The van der Waals surface area contributed by atoms with Gasteiger partial charge in [-0.25, -0.2) is 4.98 Å². The quantitative estimate of drug-likeness (QED) is 0.696. The summed E-state index contributed by atoms with van der Waals surface area (Å²) in [7, 11) is 0. The molecule has 0 aliphatic rings. The Bertz CT molecular complexity index is 398. The highest BCUT2D eigenvalue weighted by atomic mass is 127. The highest BCUT2D eigenvalue weighted by Crippen LogP contribution is 2.23. The van der Waals surface area contributed by atoms with Crippen molar-refractivity contribution in [3.05, 3.63) is 26.6 Å². The summed E-state index contributed by atoms with van der Waals surface area (Å²) in [6, 6.07) is 5.84. The Balaban J connectivity index is 2.90. The van der Waals surface area contributed by atoms with Gasteiger partial charge >= 0.3 is 0 Å². The van der Waals surface area contributed by atoms with Gasteiger partial charge in [0.25, 0.3) is 4.80 Å². The van der Waals surface area contributed by atoms with Crippen molar-refractivity contribution in [2.24, 2.45) is 0 Å². The largest absolute Gasteiger partial charge is 0.431 e. The molecule has 0 saturated carbocycles. The molecule has 0 fully saturated rings. The van der Waals surface area contributed by atoms with Crippen molar-refractivity contribution in [1.29, 1.82) is 0 Å². The van der Waals surface area contributed by atoms with Gasteiger partial charge in [0.15, 0.2) is 5.58 Å². The highest BCUT2D eigenvalue weighted by molar-refractivity contribution is 14.1. The van der Waals surface area contributed by atoms with E-state index >= 15 is 0 Å². The lowest BCUT2D eigenvalue weighted by molar-refractivity contribution is 0.570. The summed E-state index contributed by atoms with van der Waals surface area (Å²) in [5.41, 5.74) is 1.74. The van der Waals surface area contributed by atoms with Crippen LogP contribution < -0.4 is 0 Å². The predicted molar refractivity (Wildman–Crippen MR) is 54.4 cm³/mol. The molecule has 2 aromatic rings. The van der Waals surface area contributed by atoms with Gasteiger partial charge in [-0.1, -0.05) is 6.07 Å². The van der Waals surface area contributed by atoms with Gasteiger partial charge in [-0.3, -0.25) is 0 Å². The summed E-state index contributed by atoms with van der Waals surface area (Å²) in [4.78, 5) is 4.69. The molecule has 0 amide bonds. The van der Waals surface area contributed by atoms with E-state index in [1.54, 1.807) is 0 Å². The number of aromatic nitrogens is 1. The topological polar surface area (TPSA) is 26.0 Å². The molecule has 11 heavy (non-hydrogen) atoms. The van der Waals surface area contributed by atoms with Crippen LogP contribution in [0, 0.1) is 3.57 Å². The van der Waals surface area contributed by atoms with Crippen LogP contribution in [0.25, 0.3) is 11.1 Å². The van der Waals surface area contributed by atoms with Crippen LogP contribution in [-0.4, -0.2) is 4.98 Å². The normalized spacial score (nSPS) is 10.7. The summed E-state index contributed by atoms with van der Waals surface area (Å²) in [6.45, 7) is 0. The molecular formula is C7H3BrINO. The second kappa shape index (κ2) is 2.75. The fourth-order valence-electron chi connectivity index (χ4n) is 0.888. The molecule has 0 atom stereocenters. The van der Waals surface area contributed by atoms with Gasteiger partial charge in [-0.2, -0.15) is 0 Å². The van der Waals surface area contributed by atoms with E-state index in [0.717, 1.165) is 14.7 Å². The second-order valence-electron chi connectivity index (χ2n) is 2.05. The minimum absolute atomic E-state index is 0.539. The van der Waals surface area contributed by atoms with Crippen LogP contribution in [0.2, 0.25) is 0 Å². The Hall–Kier alpha value is -0.100. The monoisotopic (exact) mass is 323 g/mol. The lowest BCUT2D eigenvalue weighted by atomic mass is 10.3. The zero-order valence-electron chi connectivity index (χ0n) is 5.34. The molecule has 0 unspecified atom stereocenters. The first-order valence-corrected chi connectivity index (χ1v) is 4.85. The fourth-order valence-corrected chi connectivity index (χ4v) is 1.83. The maximum absolute atomic E-state index is 5.25. The SMILES string of the molecule is Brc1nc2c(I)cccc2o1. The van der Waals surface area contributed by atoms with E-state index in [-0.39, 0.29) is 0 Å². The van der Waals surface area contributed by atoms with Gasteiger partial charge < -0.3 is 4.42 Å². The van der Waals surface area contributed by atoms with Crippen molar-refractivity contribution >= 4 is 49.6 Å². The van der Waals surface area contributed by atoms with Crippen molar-refractivity contribution in [3.63, 3.8) is 0 Å². The van der Waals surface area contributed by atoms with Crippen LogP contribution in [0.5, 0.6) is 0 Å². The number of rotatable bonds is 0. The van der Waals surface area contributed by atoms with Gasteiger partial charge in [-0.05, 0) is 34.7 Å². The Labute approximate surface area is 85.3 Å². The first kappa shape index (κ1) is 7.54. The number of hydrogen-bond acceptors (Lipinski definition) is 2. The first-order chi connectivity index (χ1) is 5.27. The molecule has 2 rings (SSSR count). The van der Waals surface area contributed by atoms with Crippen LogP contribution in [0.4, 0.5) is 0 Å². The van der Waals surface area contributed by atoms with E-state index in [9.17, 15) is 0 Å². The number of para-hydroxylation sites is 1. The van der Waals surface area contributed by atoms with Gasteiger partial charge in [0.2, 0.25) is 0 Å². The Morgan fingerprint density at radius 3 is 3.00 bits per heavy atom. The average Bonchev–Trinajstić information content (AvgIpc) is 2.31. The van der Waals surface area contributed by atoms with E-state index in [1.165, 1.54) is 0 Å². The van der Waals surface area contributed by atoms with Crippen LogP contribution in [0.15, 0.2) is 27.4 Å². The molecule has 56 valence electrons. The van der Waals surface area contributed by atoms with Crippen LogP contribution in [-0.2, 0) is 0 Å². The van der Waals surface area contributed by atoms with E-state index in [1.807, 2.05) is 18.2 Å². The van der Waals surface area contributed by atoms with E-state index < -0.39 is 0 Å². The highest BCUT2D eigenvalue weighted by Gasteiger charge is 2.04. The number of nitrogens with zero attached hydrogens (tertiary/aromatic N) is 1. The zero-order valence-corrected chi connectivity index (χ0v) is 9.09. The van der Waals surface area contributed by atoms with E-state index in [0.29, 0.717) is 4.80 Å². The summed E-state index contributed by atoms with van der Waals surface area (Å²) >= 11 is 5.41. The van der Waals surface area contributed by atoms with Crippen molar-refractivity contribution in [2.45, 2.75) is 0 Å². The van der Waals surface area contributed by atoms with Crippen molar-refractivity contribution < 1.29 is 4.42 Å². The molecule has 2 nitrogen and oxygen atoms in total. The third kappa shape index (κ3) is 1.29. The molecule has 4 heteroatoms. The van der Waals surface area contributed by atoms with Crippen molar-refractivity contribution in [1.82, 2.24) is 4.98 Å². The van der Waals surface area contributed by atoms with Crippen LogP contribution in [0.1, 0.15) is 0 Å². The van der Waals surface area contributed by atoms with Gasteiger partial charge in [0.1, 0.15) is 5.52 Å². The third-order valence-corrected chi connectivity index (χ3v) is 2.55. The second-order valence-corrected chi connectivity index (χ2v) is 3.89. The smallest absolute Gasteiger partial charge is 0.265 e. The number of fused-ring (bicyclic) bond motifs is 1. The fraction of sp³-hybridized carbons (Fsp3) is 0. The number of oxazole rings is 1. The molecular weight excluding hydrogens is 321 g/mol. The molecule has 0 spiro atoms. The number of benzene rings is 1. The molecule has 0 N–H and O–H groups in total. The van der Waals surface area contributed by atoms with Crippen molar-refractivity contribution in [3.8, 4) is 0 Å². The number of hydrogen-bond donors (Lipinski definition) is 0. The average molecular weight is 324 g/mol. The summed E-state index contributed by atoms with van der Waals surface area (Å²) in [5, 5.41) is 0. The third-order valence-electron chi connectivity index (χ3n) is 1.34. The molecule has 1 aromatic heterocycles. The maximum atomic E-state index is 5.25. The molecule has 0 bridgehead atoms. The molecule has 0 aliphatic carbocycles. The van der Waals surface area contributed by atoms with Crippen LogP contribution >= 0.6 is 38.5 Å². The molecule has 0 radical (unpaired) electrons. The zero-order chi connectivity index (χ0) is 7.84. The standard InChI is InChI=1S/C7H3BrINO/c8-7-10-6-4(9)2-1-3-5(6)11-7/h1-3H. The Kier molecular flexibility index (Phi) is 1.88.